The maximum absolute atomic E-state index is 12.6. The normalized spacial score (nSPS) is 21.1. The predicted octanol–water partition coefficient (Wildman–Crippen LogP) is 4.23. The van der Waals surface area contributed by atoms with Gasteiger partial charge in [-0.1, -0.05) is 6.07 Å². The Morgan fingerprint density at radius 2 is 1.85 bits per heavy atom. The monoisotopic (exact) mass is 377 g/mol. The minimum Gasteiger partial charge on any atom is -0.388 e. The Balaban J connectivity index is 1.32. The largest absolute Gasteiger partial charge is 0.433 e. The molecule has 2 fully saturated rings. The average molecular weight is 377 g/mol. The van der Waals surface area contributed by atoms with Crippen LogP contribution >= 0.6 is 0 Å². The number of nitrogens with zero attached hydrogens (tertiary/aromatic N) is 3. The highest BCUT2D eigenvalue weighted by atomic mass is 19.4. The number of piperidine rings is 1. The Kier molecular flexibility index (Phi) is 4.58. The zero-order chi connectivity index (χ0) is 19.1. The molecule has 1 spiro atoms. The summed E-state index contributed by atoms with van der Waals surface area (Å²) in [6.07, 6.45) is 3.82. The number of alkyl halides is 3. The summed E-state index contributed by atoms with van der Waals surface area (Å²) in [5.74, 6) is 0.258. The molecule has 1 aliphatic heterocycles. The second kappa shape index (κ2) is 6.78. The number of aliphatic hydroxyl groups excluding tert-OH is 1. The molecule has 4 rings (SSSR count). The van der Waals surface area contributed by atoms with Gasteiger partial charge in [-0.2, -0.15) is 13.2 Å². The maximum Gasteiger partial charge on any atom is 0.433 e. The van der Waals surface area contributed by atoms with Gasteiger partial charge in [-0.15, -0.1) is 0 Å². The van der Waals surface area contributed by atoms with Gasteiger partial charge in [-0.25, -0.2) is 4.98 Å². The van der Waals surface area contributed by atoms with Gasteiger partial charge < -0.3 is 10.0 Å². The third kappa shape index (κ3) is 3.65. The molecule has 1 atom stereocenters. The number of aromatic nitrogens is 2. The molecule has 0 bridgehead atoms. The zero-order valence-corrected chi connectivity index (χ0v) is 14.9. The molecule has 0 radical (unpaired) electrons. The number of rotatable bonds is 3. The molecule has 1 saturated carbocycles. The van der Waals surface area contributed by atoms with Gasteiger partial charge >= 0.3 is 6.18 Å². The number of hydrogen-bond acceptors (Lipinski definition) is 4. The smallest absolute Gasteiger partial charge is 0.388 e. The van der Waals surface area contributed by atoms with Gasteiger partial charge in [0.2, 0.25) is 0 Å². The van der Waals surface area contributed by atoms with E-state index in [0.717, 1.165) is 56.1 Å². The van der Waals surface area contributed by atoms with E-state index >= 15 is 0 Å². The van der Waals surface area contributed by atoms with Crippen molar-refractivity contribution in [2.75, 3.05) is 18.0 Å². The van der Waals surface area contributed by atoms with Crippen LogP contribution in [0.4, 0.5) is 18.9 Å². The van der Waals surface area contributed by atoms with Crippen LogP contribution in [0.1, 0.15) is 43.0 Å². The highest BCUT2D eigenvalue weighted by Gasteiger charge is 2.48. The number of halogens is 3. The van der Waals surface area contributed by atoms with Crippen molar-refractivity contribution in [3.8, 4) is 0 Å². The van der Waals surface area contributed by atoms with Crippen molar-refractivity contribution in [3.63, 3.8) is 0 Å². The summed E-state index contributed by atoms with van der Waals surface area (Å²) in [6.45, 7) is 1.62. The summed E-state index contributed by atoms with van der Waals surface area (Å²) in [6, 6.07) is 6.29. The Labute approximate surface area is 156 Å². The fraction of sp³-hybridized carbons (Fsp3) is 0.500. The van der Waals surface area contributed by atoms with Crippen molar-refractivity contribution >= 4 is 5.69 Å². The van der Waals surface area contributed by atoms with Crippen LogP contribution in [-0.4, -0.2) is 28.2 Å². The second-order valence-electron chi connectivity index (χ2n) is 7.79. The summed E-state index contributed by atoms with van der Waals surface area (Å²) >= 11 is 0. The summed E-state index contributed by atoms with van der Waals surface area (Å²) in [4.78, 5) is 9.73. The molecule has 2 aliphatic rings. The first-order valence-corrected chi connectivity index (χ1v) is 9.23. The van der Waals surface area contributed by atoms with E-state index in [2.05, 4.69) is 14.9 Å². The fourth-order valence-electron chi connectivity index (χ4n) is 4.49. The van der Waals surface area contributed by atoms with Gasteiger partial charge in [-0.3, -0.25) is 4.98 Å². The van der Waals surface area contributed by atoms with Gasteiger partial charge in [0.1, 0.15) is 5.69 Å². The van der Waals surface area contributed by atoms with Crippen molar-refractivity contribution in [2.45, 2.75) is 38.0 Å². The molecule has 3 heterocycles. The van der Waals surface area contributed by atoms with Crippen LogP contribution in [0.5, 0.6) is 0 Å². The summed E-state index contributed by atoms with van der Waals surface area (Å²) in [7, 11) is 0. The molecule has 0 aromatic carbocycles. The number of aliphatic hydroxyl groups is 1. The molecule has 1 N–H and O–H groups in total. The third-order valence-electron chi connectivity index (χ3n) is 6.09. The van der Waals surface area contributed by atoms with E-state index in [1.807, 2.05) is 12.1 Å². The Morgan fingerprint density at radius 3 is 2.41 bits per heavy atom. The van der Waals surface area contributed by atoms with Crippen molar-refractivity contribution < 1.29 is 18.3 Å². The first-order valence-electron chi connectivity index (χ1n) is 9.23. The summed E-state index contributed by atoms with van der Waals surface area (Å²) < 4.78 is 37.9. The standard InChI is InChI=1S/C20H22F3N3O/c21-20(22,23)17-4-3-16(13-25-17)26-8-5-19(6-9-26)10-15(11-19)18(27)14-2-1-7-24-12-14/h1-4,7,12-13,15,18,27H,5-6,8-11H2. The van der Waals surface area contributed by atoms with E-state index < -0.39 is 18.0 Å². The van der Waals surface area contributed by atoms with Crippen molar-refractivity contribution in [1.29, 1.82) is 0 Å². The lowest BCUT2D eigenvalue weighted by Crippen LogP contribution is -2.48. The lowest BCUT2D eigenvalue weighted by Gasteiger charge is -2.54. The van der Waals surface area contributed by atoms with Gasteiger partial charge in [0, 0.05) is 25.5 Å². The van der Waals surface area contributed by atoms with Crippen LogP contribution < -0.4 is 4.90 Å². The maximum atomic E-state index is 12.6. The van der Waals surface area contributed by atoms with Crippen LogP contribution in [-0.2, 0) is 6.18 Å². The molecule has 144 valence electrons. The van der Waals surface area contributed by atoms with E-state index in [4.69, 9.17) is 0 Å². The van der Waals surface area contributed by atoms with Crippen LogP contribution in [0.15, 0.2) is 42.9 Å². The minimum atomic E-state index is -4.40. The van der Waals surface area contributed by atoms with E-state index in [1.54, 1.807) is 12.4 Å². The summed E-state index contributed by atoms with van der Waals surface area (Å²) in [5.41, 5.74) is 1.00. The van der Waals surface area contributed by atoms with Crippen molar-refractivity contribution in [1.82, 2.24) is 9.97 Å². The topological polar surface area (TPSA) is 49.3 Å². The molecule has 1 unspecified atom stereocenters. The lowest BCUT2D eigenvalue weighted by atomic mass is 9.55. The highest BCUT2D eigenvalue weighted by molar-refractivity contribution is 5.45. The zero-order valence-electron chi connectivity index (χ0n) is 14.9. The quantitative estimate of drug-likeness (QED) is 0.870. The fourth-order valence-corrected chi connectivity index (χ4v) is 4.49. The van der Waals surface area contributed by atoms with E-state index in [1.165, 1.54) is 12.3 Å². The molecule has 0 amide bonds. The van der Waals surface area contributed by atoms with Crippen molar-refractivity contribution in [3.05, 3.63) is 54.1 Å². The highest BCUT2D eigenvalue weighted by Crippen LogP contribution is 2.56. The second-order valence-corrected chi connectivity index (χ2v) is 7.79. The number of pyridine rings is 2. The summed E-state index contributed by atoms with van der Waals surface area (Å²) in [5, 5.41) is 10.5. The molecule has 7 heteroatoms. The molecular formula is C20H22F3N3O. The molecule has 2 aromatic heterocycles. The minimum absolute atomic E-state index is 0.254. The van der Waals surface area contributed by atoms with Crippen LogP contribution in [0.2, 0.25) is 0 Å². The molecular weight excluding hydrogens is 355 g/mol. The Morgan fingerprint density at radius 1 is 1.11 bits per heavy atom. The molecule has 1 aliphatic carbocycles. The van der Waals surface area contributed by atoms with Crippen LogP contribution in [0, 0.1) is 11.3 Å². The van der Waals surface area contributed by atoms with E-state index in [0.29, 0.717) is 0 Å². The van der Waals surface area contributed by atoms with Crippen LogP contribution in [0.3, 0.4) is 0 Å². The lowest BCUT2D eigenvalue weighted by molar-refractivity contribution is -0.141. The third-order valence-corrected chi connectivity index (χ3v) is 6.09. The van der Waals surface area contributed by atoms with Gasteiger partial charge in [0.05, 0.1) is 18.0 Å². The molecule has 27 heavy (non-hydrogen) atoms. The predicted molar refractivity (Wildman–Crippen MR) is 95.0 cm³/mol. The van der Waals surface area contributed by atoms with Crippen molar-refractivity contribution in [2.24, 2.45) is 11.3 Å². The Bertz CT molecular complexity index is 763. The SMILES string of the molecule is OC(c1cccnc1)C1CC2(CCN(c3ccc(C(F)(F)F)nc3)CC2)C1. The first kappa shape index (κ1) is 18.2. The van der Waals surface area contributed by atoms with Gasteiger partial charge in [-0.05, 0) is 60.8 Å². The Hall–Kier alpha value is -2.15. The number of hydrogen-bond donors (Lipinski definition) is 1. The average Bonchev–Trinajstić information content (AvgIpc) is 2.66. The first-order chi connectivity index (χ1) is 12.9. The molecule has 2 aromatic rings. The molecule has 4 nitrogen and oxygen atoms in total. The van der Waals surface area contributed by atoms with E-state index in [9.17, 15) is 18.3 Å². The number of anilines is 1. The van der Waals surface area contributed by atoms with Crippen LogP contribution in [0.25, 0.3) is 0 Å². The van der Waals surface area contributed by atoms with Gasteiger partial charge in [0.15, 0.2) is 0 Å². The van der Waals surface area contributed by atoms with E-state index in [-0.39, 0.29) is 11.3 Å². The van der Waals surface area contributed by atoms with Gasteiger partial charge in [0.25, 0.3) is 0 Å². The molecule has 1 saturated heterocycles.